The van der Waals surface area contributed by atoms with Gasteiger partial charge in [-0.05, 0) is 53.6 Å². The van der Waals surface area contributed by atoms with E-state index in [0.717, 1.165) is 16.9 Å². The molecule has 3 aromatic rings. The predicted molar refractivity (Wildman–Crippen MR) is 124 cm³/mol. The summed E-state index contributed by atoms with van der Waals surface area (Å²) in [7, 11) is 3.19. The molecule has 0 bridgehead atoms. The third-order valence-electron chi connectivity index (χ3n) is 6.00. The van der Waals surface area contributed by atoms with Crippen LogP contribution < -0.4 is 14.8 Å². The first-order chi connectivity index (χ1) is 16.1. The second kappa shape index (κ2) is 10.2. The summed E-state index contributed by atoms with van der Waals surface area (Å²) in [4.78, 5) is 32.3. The Morgan fingerprint density at radius 1 is 0.970 bits per heavy atom. The molecule has 7 nitrogen and oxygen atoms in total. The highest BCUT2D eigenvalue weighted by Gasteiger charge is 2.40. The van der Waals surface area contributed by atoms with Crippen LogP contribution in [0.5, 0.6) is 11.5 Å². The standard InChI is InChI=1S/C26H27N3O4/c1-32-21-7-3-5-19(13-21)23-16-29(26(31)20-6-4-8-22(14-20)33-2)17-24(23)25(30)28-15-18-9-11-27-12-10-18/h3-14,23-24H,15-17H2,1-2H3,(H,28,30). The van der Waals surface area contributed by atoms with Crippen molar-refractivity contribution in [1.82, 2.24) is 15.2 Å². The molecule has 33 heavy (non-hydrogen) atoms. The Labute approximate surface area is 193 Å². The average Bonchev–Trinajstić information content (AvgIpc) is 3.33. The second-order valence-electron chi connectivity index (χ2n) is 8.00. The molecular formula is C26H27N3O4. The summed E-state index contributed by atoms with van der Waals surface area (Å²) in [5, 5.41) is 3.03. The van der Waals surface area contributed by atoms with E-state index in [9.17, 15) is 9.59 Å². The Balaban J connectivity index is 1.57. The number of carbonyl (C=O) groups excluding carboxylic acids is 2. The molecule has 1 aliphatic rings. The molecule has 170 valence electrons. The lowest BCUT2D eigenvalue weighted by Crippen LogP contribution is -2.35. The molecule has 1 saturated heterocycles. The maximum atomic E-state index is 13.3. The largest absolute Gasteiger partial charge is 0.497 e. The fourth-order valence-electron chi connectivity index (χ4n) is 4.20. The van der Waals surface area contributed by atoms with Crippen LogP contribution in [0.3, 0.4) is 0 Å². The summed E-state index contributed by atoms with van der Waals surface area (Å²) in [5.74, 6) is 0.615. The number of methoxy groups -OCH3 is 2. The number of aromatic nitrogens is 1. The van der Waals surface area contributed by atoms with Gasteiger partial charge in [0.25, 0.3) is 5.91 Å². The number of hydrogen-bond acceptors (Lipinski definition) is 5. The fraction of sp³-hybridized carbons (Fsp3) is 0.269. The first-order valence-corrected chi connectivity index (χ1v) is 10.8. The Morgan fingerprint density at radius 2 is 1.67 bits per heavy atom. The number of amides is 2. The van der Waals surface area contributed by atoms with Crippen molar-refractivity contribution in [1.29, 1.82) is 0 Å². The molecule has 2 amide bonds. The molecule has 2 heterocycles. The van der Waals surface area contributed by atoms with Crippen LogP contribution in [0.4, 0.5) is 0 Å². The summed E-state index contributed by atoms with van der Waals surface area (Å²) >= 11 is 0. The molecule has 1 aliphatic heterocycles. The van der Waals surface area contributed by atoms with Crippen molar-refractivity contribution in [2.75, 3.05) is 27.3 Å². The van der Waals surface area contributed by atoms with Gasteiger partial charge in [0.1, 0.15) is 11.5 Å². The van der Waals surface area contributed by atoms with E-state index < -0.39 is 0 Å². The third kappa shape index (κ3) is 5.14. The van der Waals surface area contributed by atoms with E-state index in [2.05, 4.69) is 10.3 Å². The summed E-state index contributed by atoms with van der Waals surface area (Å²) in [6.45, 7) is 1.18. The maximum Gasteiger partial charge on any atom is 0.254 e. The molecule has 0 radical (unpaired) electrons. The van der Waals surface area contributed by atoms with Gasteiger partial charge in [-0.15, -0.1) is 0 Å². The van der Waals surface area contributed by atoms with Gasteiger partial charge in [0.2, 0.25) is 5.91 Å². The molecule has 1 aromatic heterocycles. The first-order valence-electron chi connectivity index (χ1n) is 10.8. The van der Waals surface area contributed by atoms with Gasteiger partial charge in [-0.2, -0.15) is 0 Å². The highest BCUT2D eigenvalue weighted by atomic mass is 16.5. The normalized spacial score (nSPS) is 17.5. The monoisotopic (exact) mass is 445 g/mol. The van der Waals surface area contributed by atoms with E-state index in [1.807, 2.05) is 36.4 Å². The van der Waals surface area contributed by atoms with Gasteiger partial charge in [0.05, 0.1) is 20.1 Å². The van der Waals surface area contributed by atoms with Crippen molar-refractivity contribution in [2.24, 2.45) is 5.92 Å². The van der Waals surface area contributed by atoms with Gasteiger partial charge in [0, 0.05) is 43.5 Å². The van der Waals surface area contributed by atoms with E-state index in [1.165, 1.54) is 0 Å². The quantitative estimate of drug-likeness (QED) is 0.604. The lowest BCUT2D eigenvalue weighted by Gasteiger charge is -2.18. The fourth-order valence-corrected chi connectivity index (χ4v) is 4.20. The molecule has 4 rings (SSSR count). The molecule has 2 aromatic carbocycles. The van der Waals surface area contributed by atoms with Crippen LogP contribution in [-0.2, 0) is 11.3 Å². The van der Waals surface area contributed by atoms with E-state index >= 15 is 0 Å². The molecular weight excluding hydrogens is 418 g/mol. The lowest BCUT2D eigenvalue weighted by atomic mass is 9.88. The van der Waals surface area contributed by atoms with Crippen molar-refractivity contribution in [3.05, 3.63) is 89.7 Å². The molecule has 0 saturated carbocycles. The van der Waals surface area contributed by atoms with Gasteiger partial charge in [-0.25, -0.2) is 0 Å². The molecule has 7 heteroatoms. The minimum Gasteiger partial charge on any atom is -0.497 e. The first kappa shape index (κ1) is 22.3. The highest BCUT2D eigenvalue weighted by Crippen LogP contribution is 2.35. The van der Waals surface area contributed by atoms with Crippen LogP contribution in [-0.4, -0.2) is 49.0 Å². The van der Waals surface area contributed by atoms with E-state index in [0.29, 0.717) is 30.9 Å². The molecule has 2 atom stereocenters. The van der Waals surface area contributed by atoms with Crippen LogP contribution in [0.2, 0.25) is 0 Å². The topological polar surface area (TPSA) is 80.8 Å². The third-order valence-corrected chi connectivity index (χ3v) is 6.00. The molecule has 2 unspecified atom stereocenters. The summed E-state index contributed by atoms with van der Waals surface area (Å²) in [5.41, 5.74) is 2.48. The Hall–Kier alpha value is -3.87. The zero-order valence-corrected chi connectivity index (χ0v) is 18.7. The zero-order valence-electron chi connectivity index (χ0n) is 18.7. The minimum absolute atomic E-state index is 0.0828. The number of benzene rings is 2. The van der Waals surface area contributed by atoms with Crippen LogP contribution in [0.15, 0.2) is 73.1 Å². The van der Waals surface area contributed by atoms with Gasteiger partial charge < -0.3 is 19.7 Å². The number of hydrogen-bond donors (Lipinski definition) is 1. The van der Waals surface area contributed by atoms with Crippen molar-refractivity contribution >= 4 is 11.8 Å². The van der Waals surface area contributed by atoms with Crippen molar-refractivity contribution in [3.63, 3.8) is 0 Å². The SMILES string of the molecule is COc1cccc(C(=O)N2CC(C(=O)NCc3ccncc3)C(c3cccc(OC)c3)C2)c1. The Morgan fingerprint density at radius 3 is 2.39 bits per heavy atom. The average molecular weight is 446 g/mol. The van der Waals surface area contributed by atoms with Crippen LogP contribution in [0, 0.1) is 5.92 Å². The van der Waals surface area contributed by atoms with Crippen molar-refractivity contribution in [3.8, 4) is 11.5 Å². The van der Waals surface area contributed by atoms with Gasteiger partial charge >= 0.3 is 0 Å². The summed E-state index contributed by atoms with van der Waals surface area (Å²) in [6, 6.07) is 18.5. The summed E-state index contributed by atoms with van der Waals surface area (Å²) in [6.07, 6.45) is 3.40. The number of likely N-dealkylation sites (tertiary alicyclic amines) is 1. The number of nitrogens with zero attached hydrogens (tertiary/aromatic N) is 2. The van der Waals surface area contributed by atoms with E-state index in [4.69, 9.17) is 9.47 Å². The number of rotatable bonds is 7. The number of ether oxygens (including phenoxy) is 2. The summed E-state index contributed by atoms with van der Waals surface area (Å²) < 4.78 is 10.6. The minimum atomic E-state index is -0.381. The van der Waals surface area contributed by atoms with E-state index in [-0.39, 0.29) is 23.7 Å². The maximum absolute atomic E-state index is 13.3. The van der Waals surface area contributed by atoms with Gasteiger partial charge in [-0.3, -0.25) is 14.6 Å². The van der Waals surface area contributed by atoms with Crippen molar-refractivity contribution in [2.45, 2.75) is 12.5 Å². The van der Waals surface area contributed by atoms with Crippen LogP contribution in [0.25, 0.3) is 0 Å². The molecule has 0 aliphatic carbocycles. The highest BCUT2D eigenvalue weighted by molar-refractivity contribution is 5.95. The zero-order chi connectivity index (χ0) is 23.2. The lowest BCUT2D eigenvalue weighted by molar-refractivity contribution is -0.125. The number of nitrogens with one attached hydrogen (secondary N) is 1. The van der Waals surface area contributed by atoms with Gasteiger partial charge in [-0.1, -0.05) is 18.2 Å². The number of pyridine rings is 1. The second-order valence-corrected chi connectivity index (χ2v) is 8.00. The van der Waals surface area contributed by atoms with E-state index in [1.54, 1.807) is 55.8 Å². The molecule has 1 N–H and O–H groups in total. The van der Waals surface area contributed by atoms with Crippen LogP contribution >= 0.6 is 0 Å². The van der Waals surface area contributed by atoms with Crippen LogP contribution in [0.1, 0.15) is 27.4 Å². The predicted octanol–water partition coefficient (Wildman–Crippen LogP) is 3.27. The number of carbonyl (C=O) groups is 2. The molecule has 0 spiro atoms. The Bertz CT molecular complexity index is 1120. The van der Waals surface area contributed by atoms with Crippen molar-refractivity contribution < 1.29 is 19.1 Å². The van der Waals surface area contributed by atoms with Gasteiger partial charge in [0.15, 0.2) is 0 Å². The molecule has 1 fully saturated rings. The Kier molecular flexibility index (Phi) is 6.88. The smallest absolute Gasteiger partial charge is 0.254 e.